The van der Waals surface area contributed by atoms with Crippen LogP contribution < -0.4 is 15.3 Å². The van der Waals surface area contributed by atoms with Gasteiger partial charge in [-0.3, -0.25) is 0 Å². The van der Waals surface area contributed by atoms with E-state index >= 15 is 0 Å². The minimum Gasteiger partial charge on any atom is -0.304 e. The number of benzene rings is 6. The number of nitrogens with zero attached hydrogens (tertiary/aromatic N) is 1. The van der Waals surface area contributed by atoms with Crippen LogP contribution in [0.5, 0.6) is 0 Å². The maximum absolute atomic E-state index is 6.82. The molecule has 0 N–H and O–H groups in total. The summed E-state index contributed by atoms with van der Waals surface area (Å²) in [5.41, 5.74) is 9.92. The highest BCUT2D eigenvalue weighted by molar-refractivity contribution is 8.23. The van der Waals surface area contributed by atoms with E-state index in [1.165, 1.54) is 66.1 Å². The molecule has 2 aliphatic heterocycles. The molecule has 6 aromatic carbocycles. The second-order valence-corrected chi connectivity index (χ2v) is 13.8. The van der Waals surface area contributed by atoms with Crippen molar-refractivity contribution in [3.63, 3.8) is 0 Å². The summed E-state index contributed by atoms with van der Waals surface area (Å²) >= 11 is 6.82. The molecule has 2 aliphatic rings. The van der Waals surface area contributed by atoms with Crippen LogP contribution >= 0.6 is 6.19 Å². The minimum atomic E-state index is -2.32. The molecule has 6 aromatic rings. The summed E-state index contributed by atoms with van der Waals surface area (Å²) in [6, 6.07) is 48.5. The number of para-hydroxylation sites is 1. The predicted molar refractivity (Wildman–Crippen MR) is 162 cm³/mol. The summed E-state index contributed by atoms with van der Waals surface area (Å²) in [6.45, 7) is 0. The second kappa shape index (κ2) is 7.76. The molecule has 0 aliphatic carbocycles. The van der Waals surface area contributed by atoms with Gasteiger partial charge >= 0.3 is 0 Å². The van der Waals surface area contributed by atoms with Crippen LogP contribution in [0, 0.1) is 0 Å². The fourth-order valence-corrected chi connectivity index (χ4v) is 10.9. The highest BCUT2D eigenvalue weighted by atomic mass is 32.4. The van der Waals surface area contributed by atoms with Crippen molar-refractivity contribution in [3.05, 3.63) is 133 Å². The summed E-state index contributed by atoms with van der Waals surface area (Å²) in [5.74, 6) is 0. The van der Waals surface area contributed by atoms with Crippen molar-refractivity contribution >= 4 is 50.8 Å². The summed E-state index contributed by atoms with van der Waals surface area (Å²) < 4.78 is 2.50. The number of anilines is 2. The molecule has 0 bridgehead atoms. The Morgan fingerprint density at radius 1 is 0.459 bits per heavy atom. The quantitative estimate of drug-likeness (QED) is 0.205. The van der Waals surface area contributed by atoms with Gasteiger partial charge in [-0.15, -0.1) is 0 Å². The monoisotopic (exact) mass is 507 g/mol. The predicted octanol–water partition coefficient (Wildman–Crippen LogP) is 8.65. The van der Waals surface area contributed by atoms with Crippen LogP contribution in [-0.4, -0.2) is 0 Å². The zero-order chi connectivity index (χ0) is 24.6. The maximum atomic E-state index is 6.82. The van der Waals surface area contributed by atoms with Gasteiger partial charge < -0.3 is 4.67 Å². The molecule has 1 nitrogen and oxygen atoms in total. The molecule has 3 heteroatoms. The van der Waals surface area contributed by atoms with Crippen molar-refractivity contribution < 1.29 is 0 Å². The average molecular weight is 508 g/mol. The molecule has 174 valence electrons. The van der Waals surface area contributed by atoms with E-state index in [4.69, 9.17) is 11.8 Å². The average Bonchev–Trinajstić information content (AvgIpc) is 2.97. The van der Waals surface area contributed by atoms with Crippen LogP contribution in [0.15, 0.2) is 133 Å². The summed E-state index contributed by atoms with van der Waals surface area (Å²) in [5, 5.41) is 5.08. The van der Waals surface area contributed by atoms with E-state index in [0.29, 0.717) is 0 Å². The SMILES string of the molecule is S=P12c3ccccc3-c3ccccc3N1c1ccc(-c3cccc4ccccc34)cc1-c1ccccc12. The molecule has 37 heavy (non-hydrogen) atoms. The lowest BCUT2D eigenvalue weighted by Crippen LogP contribution is -2.36. The molecule has 0 saturated heterocycles. The molecular formula is C34H22NPS. The largest absolute Gasteiger partial charge is 0.304 e. The van der Waals surface area contributed by atoms with Crippen molar-refractivity contribution in [1.29, 1.82) is 0 Å². The molecule has 0 amide bonds. The van der Waals surface area contributed by atoms with Gasteiger partial charge in [0.1, 0.15) is 0 Å². The standard InChI is InChI=1S/C34H22NPS/c37-36-33-18-7-4-14-28(33)27-13-3-6-17-31(27)35(36)32-21-20-24(22-30(32)29-15-5-8-19-34(29)36)26-16-9-11-23-10-1-2-12-25(23)26/h1-22H. The number of rotatable bonds is 1. The zero-order valence-corrected chi connectivity index (χ0v) is 21.7. The fraction of sp³-hybridized carbons (Fsp3) is 0. The molecule has 8 rings (SSSR count). The lowest BCUT2D eigenvalue weighted by Gasteiger charge is -2.47. The van der Waals surface area contributed by atoms with E-state index in [2.05, 4.69) is 138 Å². The zero-order valence-electron chi connectivity index (χ0n) is 20.0. The molecule has 1 atom stereocenters. The van der Waals surface area contributed by atoms with Gasteiger partial charge in [0.15, 0.2) is 0 Å². The smallest absolute Gasteiger partial charge is 0.0985 e. The van der Waals surface area contributed by atoms with Gasteiger partial charge in [-0.25, -0.2) is 0 Å². The van der Waals surface area contributed by atoms with Gasteiger partial charge in [-0.05, 0) is 51.2 Å². The van der Waals surface area contributed by atoms with Crippen LogP contribution in [0.1, 0.15) is 0 Å². The molecular weight excluding hydrogens is 485 g/mol. The molecule has 0 spiro atoms. The van der Waals surface area contributed by atoms with Crippen LogP contribution in [0.2, 0.25) is 0 Å². The van der Waals surface area contributed by atoms with Gasteiger partial charge in [0, 0.05) is 21.7 Å². The van der Waals surface area contributed by atoms with E-state index in [0.717, 1.165) is 0 Å². The molecule has 0 aromatic heterocycles. The van der Waals surface area contributed by atoms with E-state index < -0.39 is 6.19 Å². The van der Waals surface area contributed by atoms with Gasteiger partial charge in [-0.1, -0.05) is 127 Å². The summed E-state index contributed by atoms with van der Waals surface area (Å²) in [7, 11) is 0. The third-order valence-corrected chi connectivity index (χ3v) is 12.5. The second-order valence-electron chi connectivity index (χ2n) is 9.70. The van der Waals surface area contributed by atoms with Crippen molar-refractivity contribution in [3.8, 4) is 33.4 Å². The summed E-state index contributed by atoms with van der Waals surface area (Å²) in [6.07, 6.45) is -2.32. The van der Waals surface area contributed by atoms with E-state index in [1.807, 2.05) is 0 Å². The summed E-state index contributed by atoms with van der Waals surface area (Å²) in [4.78, 5) is 0. The first-order valence-electron chi connectivity index (χ1n) is 12.6. The normalized spacial score (nSPS) is 16.8. The number of hydrogen-bond donors (Lipinski definition) is 0. The third kappa shape index (κ3) is 2.83. The van der Waals surface area contributed by atoms with E-state index in [9.17, 15) is 0 Å². The Hall–Kier alpha value is -3.97. The van der Waals surface area contributed by atoms with Crippen LogP contribution in [0.3, 0.4) is 0 Å². The Morgan fingerprint density at radius 3 is 1.84 bits per heavy atom. The lowest BCUT2D eigenvalue weighted by atomic mass is 9.93. The fourth-order valence-electron chi connectivity index (χ4n) is 6.18. The van der Waals surface area contributed by atoms with Crippen LogP contribution in [-0.2, 0) is 11.8 Å². The van der Waals surface area contributed by atoms with Gasteiger partial charge in [0.05, 0.1) is 17.6 Å². The van der Waals surface area contributed by atoms with E-state index in [-0.39, 0.29) is 0 Å². The van der Waals surface area contributed by atoms with Crippen LogP contribution in [0.4, 0.5) is 11.4 Å². The first kappa shape index (κ1) is 21.1. The van der Waals surface area contributed by atoms with Crippen LogP contribution in [0.25, 0.3) is 44.2 Å². The minimum absolute atomic E-state index is 1.20. The van der Waals surface area contributed by atoms with Crippen molar-refractivity contribution in [2.75, 3.05) is 4.67 Å². The molecule has 0 radical (unpaired) electrons. The Morgan fingerprint density at radius 2 is 1.03 bits per heavy atom. The number of hydrogen-bond acceptors (Lipinski definition) is 1. The molecule has 0 saturated carbocycles. The molecule has 1 unspecified atom stereocenters. The Labute approximate surface area is 221 Å². The molecule has 0 fully saturated rings. The Balaban J connectivity index is 1.46. The molecule has 2 heterocycles. The highest BCUT2D eigenvalue weighted by Crippen LogP contribution is 2.66. The van der Waals surface area contributed by atoms with Gasteiger partial charge in [0.25, 0.3) is 0 Å². The van der Waals surface area contributed by atoms with Crippen molar-refractivity contribution in [1.82, 2.24) is 0 Å². The van der Waals surface area contributed by atoms with Gasteiger partial charge in [0.2, 0.25) is 0 Å². The van der Waals surface area contributed by atoms with E-state index in [1.54, 1.807) is 0 Å². The first-order valence-corrected chi connectivity index (χ1v) is 15.3. The van der Waals surface area contributed by atoms with Crippen molar-refractivity contribution in [2.45, 2.75) is 0 Å². The Bertz CT molecular complexity index is 1930. The lowest BCUT2D eigenvalue weighted by molar-refractivity contribution is 1.38. The maximum Gasteiger partial charge on any atom is 0.0985 e. The van der Waals surface area contributed by atoms with Gasteiger partial charge in [-0.2, -0.15) is 0 Å². The first-order chi connectivity index (χ1) is 18.2. The third-order valence-electron chi connectivity index (χ3n) is 7.78. The number of fused-ring (bicyclic) bond motifs is 12. The highest BCUT2D eigenvalue weighted by Gasteiger charge is 2.43. The Kier molecular flexibility index (Phi) is 4.44. The topological polar surface area (TPSA) is 3.24 Å². The van der Waals surface area contributed by atoms with Crippen molar-refractivity contribution in [2.24, 2.45) is 0 Å².